The highest BCUT2D eigenvalue weighted by Crippen LogP contribution is 2.15. The van der Waals surface area contributed by atoms with E-state index in [1.165, 1.54) is 21.1 Å². The van der Waals surface area contributed by atoms with Gasteiger partial charge in [-0.2, -0.15) is 0 Å². The van der Waals surface area contributed by atoms with Crippen molar-refractivity contribution in [3.05, 3.63) is 24.3 Å². The van der Waals surface area contributed by atoms with Gasteiger partial charge in [0.25, 0.3) is 0 Å². The van der Waals surface area contributed by atoms with E-state index in [4.69, 9.17) is 4.74 Å². The van der Waals surface area contributed by atoms with E-state index < -0.39 is 0 Å². The Balaban J connectivity index is 0.00000256. The number of hydrogen-bond acceptors (Lipinski definition) is 1. The molecule has 3 heteroatoms. The summed E-state index contributed by atoms with van der Waals surface area (Å²) in [6.07, 6.45) is 2.66. The second kappa shape index (κ2) is 8.38. The maximum atomic E-state index is 6.00. The fourth-order valence-corrected chi connectivity index (χ4v) is 3.58. The predicted octanol–water partition coefficient (Wildman–Crippen LogP) is 3.99. The van der Waals surface area contributed by atoms with Gasteiger partial charge in [-0.25, -0.2) is 0 Å². The topological polar surface area (TPSA) is 9.23 Å². The minimum atomic E-state index is -0.145. The molecule has 0 N–H and O–H groups in total. The van der Waals surface area contributed by atoms with Gasteiger partial charge >= 0.3 is 20.4 Å². The van der Waals surface area contributed by atoms with Gasteiger partial charge in [0.15, 0.2) is 0 Å². The second-order valence-corrected chi connectivity index (χ2v) is 7.25. The minimum Gasteiger partial charge on any atom is -0.491 e. The third kappa shape index (κ3) is 7.32. The van der Waals surface area contributed by atoms with Gasteiger partial charge in [-0.15, -0.1) is 25.2 Å². The fourth-order valence-electron chi connectivity index (χ4n) is 1.71. The molecule has 0 saturated heterocycles. The van der Waals surface area contributed by atoms with Crippen LogP contribution in [-0.4, -0.2) is 26.0 Å². The lowest BCUT2D eigenvalue weighted by Crippen LogP contribution is -2.28. The maximum absolute atomic E-state index is 6.00. The molecule has 0 heterocycles. The van der Waals surface area contributed by atoms with Crippen LogP contribution in [0, 0.1) is 0 Å². The monoisotopic (exact) mass is 310 g/mol. The Morgan fingerprint density at radius 1 is 1.18 bits per heavy atom. The number of ether oxygens (including phenoxy) is 1. The Morgan fingerprint density at radius 3 is 2.41 bits per heavy atom. The van der Waals surface area contributed by atoms with E-state index in [0.29, 0.717) is 0 Å². The lowest BCUT2D eigenvalue weighted by molar-refractivity contribution is 0.132. The van der Waals surface area contributed by atoms with Crippen molar-refractivity contribution in [2.24, 2.45) is 0 Å². The molecule has 0 bridgehead atoms. The minimum absolute atomic E-state index is 0. The van der Waals surface area contributed by atoms with Gasteiger partial charge in [0.2, 0.25) is 0 Å². The molecule has 94 valence electrons. The van der Waals surface area contributed by atoms with Gasteiger partial charge in [-0.3, -0.25) is 0 Å². The Hall–Kier alpha value is 0.266. The third-order valence-corrected chi connectivity index (χ3v) is 4.41. The summed E-state index contributed by atoms with van der Waals surface area (Å²) in [5, 5.41) is 0. The van der Waals surface area contributed by atoms with E-state index in [0.717, 1.165) is 5.75 Å². The maximum Gasteiger partial charge on any atom is 0.414 e. The Kier molecular flexibility index (Phi) is 8.51. The molecule has 0 aromatic heterocycles. The normalized spacial score (nSPS) is 10.4. The average Bonchev–Trinajstić information content (AvgIpc) is 2.19. The number of para-hydroxylation sites is 1. The molecule has 0 unspecified atom stereocenters. The number of unbranched alkanes of at least 4 members (excludes halogenated alkanes) is 1. The van der Waals surface area contributed by atoms with Gasteiger partial charge in [0.05, 0.1) is 5.75 Å². The molecule has 0 aliphatic carbocycles. The molecule has 0 fully saturated rings. The summed E-state index contributed by atoms with van der Waals surface area (Å²) < 4.78 is 8.87. The van der Waals surface area contributed by atoms with E-state index in [-0.39, 0.29) is 42.9 Å². The first-order valence-electron chi connectivity index (χ1n) is 6.30. The SMILES string of the molecule is Br.CCC[CH2][Mg][c]1ccccc1OC(C)(C)C. The molecule has 0 saturated carbocycles. The molecule has 1 rings (SSSR count). The van der Waals surface area contributed by atoms with Gasteiger partial charge in [0.1, 0.15) is 5.60 Å². The number of benzene rings is 1. The van der Waals surface area contributed by atoms with Crippen LogP contribution in [0.5, 0.6) is 5.75 Å². The zero-order valence-electron chi connectivity index (χ0n) is 11.5. The van der Waals surface area contributed by atoms with E-state index in [1.807, 2.05) is 0 Å². The van der Waals surface area contributed by atoms with Crippen molar-refractivity contribution in [3.63, 3.8) is 0 Å². The van der Waals surface area contributed by atoms with Crippen LogP contribution >= 0.6 is 17.0 Å². The number of hydrogen-bond donors (Lipinski definition) is 0. The van der Waals surface area contributed by atoms with Crippen LogP contribution in [0.1, 0.15) is 40.5 Å². The highest BCUT2D eigenvalue weighted by Gasteiger charge is 2.14. The van der Waals surface area contributed by atoms with Crippen molar-refractivity contribution >= 4 is 41.0 Å². The van der Waals surface area contributed by atoms with Gasteiger partial charge in [-0.1, -0.05) is 38.0 Å². The van der Waals surface area contributed by atoms with Crippen LogP contribution < -0.4 is 8.43 Å². The number of halogens is 1. The quantitative estimate of drug-likeness (QED) is 0.590. The molecule has 0 atom stereocenters. The highest BCUT2D eigenvalue weighted by molar-refractivity contribution is 8.93. The largest absolute Gasteiger partial charge is 0.491 e. The lowest BCUT2D eigenvalue weighted by atomic mass is 10.2. The standard InChI is InChI=1S/C10H13O.C4H9.BrH.Mg/c1-10(2,3)11-9-7-5-4-6-8-9;1-3-4-2;;/h4-7H,1-3H3;1,3-4H2,2H3;1H;. The van der Waals surface area contributed by atoms with Gasteiger partial charge < -0.3 is 4.74 Å². The summed E-state index contributed by atoms with van der Waals surface area (Å²) in [5.41, 5.74) is -0.0880. The first-order chi connectivity index (χ1) is 7.53. The molecule has 0 radical (unpaired) electrons. The molecule has 1 aromatic carbocycles. The van der Waals surface area contributed by atoms with Crippen LogP contribution in [0.4, 0.5) is 0 Å². The molecular formula is C14H23BrMgO. The van der Waals surface area contributed by atoms with Crippen molar-refractivity contribution in [1.82, 2.24) is 0 Å². The van der Waals surface area contributed by atoms with Crippen LogP contribution in [0.15, 0.2) is 24.3 Å². The van der Waals surface area contributed by atoms with Crippen LogP contribution in [0.25, 0.3) is 0 Å². The Morgan fingerprint density at radius 2 is 1.82 bits per heavy atom. The first-order valence-corrected chi connectivity index (χ1v) is 8.00. The first kappa shape index (κ1) is 17.3. The van der Waals surface area contributed by atoms with E-state index in [9.17, 15) is 0 Å². The number of rotatable bonds is 5. The van der Waals surface area contributed by atoms with Crippen molar-refractivity contribution < 1.29 is 4.74 Å². The molecule has 1 aromatic rings. The summed E-state index contributed by atoms with van der Waals surface area (Å²) >= 11 is -0.145. The fraction of sp³-hybridized carbons (Fsp3) is 0.571. The molecular weight excluding hydrogens is 288 g/mol. The van der Waals surface area contributed by atoms with Crippen LogP contribution in [-0.2, 0) is 0 Å². The molecule has 1 nitrogen and oxygen atoms in total. The Labute approximate surface area is 126 Å². The predicted molar refractivity (Wildman–Crippen MR) is 82.2 cm³/mol. The smallest absolute Gasteiger partial charge is 0.414 e. The van der Waals surface area contributed by atoms with Crippen molar-refractivity contribution in [2.75, 3.05) is 0 Å². The third-order valence-electron chi connectivity index (χ3n) is 2.44. The summed E-state index contributed by atoms with van der Waals surface area (Å²) in [7, 11) is 0. The van der Waals surface area contributed by atoms with Gasteiger partial charge in [0, 0.05) is 0 Å². The zero-order chi connectivity index (χ0) is 12.0. The molecule has 0 amide bonds. The van der Waals surface area contributed by atoms with Crippen LogP contribution in [0.2, 0.25) is 4.55 Å². The van der Waals surface area contributed by atoms with Crippen molar-refractivity contribution in [3.8, 4) is 5.75 Å². The average molecular weight is 312 g/mol. The van der Waals surface area contributed by atoms with E-state index >= 15 is 0 Å². The summed E-state index contributed by atoms with van der Waals surface area (Å²) in [6.45, 7) is 8.58. The summed E-state index contributed by atoms with van der Waals surface area (Å²) in [4.78, 5) is 0. The zero-order valence-corrected chi connectivity index (χ0v) is 14.6. The highest BCUT2D eigenvalue weighted by atomic mass is 79.9. The van der Waals surface area contributed by atoms with Gasteiger partial charge in [-0.05, 0) is 26.8 Å². The van der Waals surface area contributed by atoms with E-state index in [1.54, 1.807) is 0 Å². The molecule has 0 aliphatic rings. The van der Waals surface area contributed by atoms with E-state index in [2.05, 4.69) is 52.0 Å². The molecule has 0 spiro atoms. The Bertz CT molecular complexity index is 320. The summed E-state index contributed by atoms with van der Waals surface area (Å²) in [6, 6.07) is 8.55. The van der Waals surface area contributed by atoms with Crippen molar-refractivity contribution in [1.29, 1.82) is 0 Å². The molecule has 17 heavy (non-hydrogen) atoms. The second-order valence-electron chi connectivity index (χ2n) is 5.28. The van der Waals surface area contributed by atoms with Crippen LogP contribution in [0.3, 0.4) is 0 Å². The molecule has 0 aliphatic heterocycles. The van der Waals surface area contributed by atoms with Crippen molar-refractivity contribution in [2.45, 2.75) is 50.7 Å². The lowest BCUT2D eigenvalue weighted by Gasteiger charge is -2.23. The summed E-state index contributed by atoms with van der Waals surface area (Å²) in [5.74, 6) is 1.11.